The number of alkyl halides is 3. The van der Waals surface area contributed by atoms with E-state index in [4.69, 9.17) is 0 Å². The molecule has 1 atom stereocenters. The van der Waals surface area contributed by atoms with E-state index in [1.54, 1.807) is 18.2 Å². The van der Waals surface area contributed by atoms with Crippen LogP contribution in [0.1, 0.15) is 36.8 Å². The fourth-order valence-corrected chi connectivity index (χ4v) is 5.62. The van der Waals surface area contributed by atoms with Crippen LogP contribution in [0, 0.1) is 25.7 Å². The van der Waals surface area contributed by atoms with Gasteiger partial charge in [0.25, 0.3) is 0 Å². The van der Waals surface area contributed by atoms with Crippen LogP contribution in [0.3, 0.4) is 0 Å². The first-order chi connectivity index (χ1) is 13.5. The van der Waals surface area contributed by atoms with Gasteiger partial charge in [-0.2, -0.15) is 17.5 Å². The Labute approximate surface area is 169 Å². The Hall–Kier alpha value is -1.61. The number of rotatable bonds is 3. The van der Waals surface area contributed by atoms with Gasteiger partial charge in [0.15, 0.2) is 0 Å². The molecule has 1 aromatic rings. The molecule has 0 spiro atoms. The standard InChI is InChI=1S/C20H27F3N2O3S/c1-14-5-6-18(12-15(14)2)29(27,28)25-10-7-16(8-11-25)19(26)24-9-3-4-17(13-24)20(21,22)23/h5-6,12,16-17H,3-4,7-11,13H2,1-2H3/t17-/m1/s1. The minimum absolute atomic E-state index is 0.0555. The van der Waals surface area contributed by atoms with Crippen LogP contribution in [0.4, 0.5) is 13.2 Å². The third-order valence-electron chi connectivity index (χ3n) is 6.12. The summed E-state index contributed by atoms with van der Waals surface area (Å²) in [5.41, 5.74) is 1.90. The number of sulfonamides is 1. The number of aryl methyl sites for hydroxylation is 2. The molecular weight excluding hydrogens is 405 g/mol. The summed E-state index contributed by atoms with van der Waals surface area (Å²) >= 11 is 0. The molecule has 2 aliphatic heterocycles. The van der Waals surface area contributed by atoms with E-state index in [9.17, 15) is 26.4 Å². The van der Waals surface area contributed by atoms with E-state index in [0.29, 0.717) is 25.8 Å². The lowest BCUT2D eigenvalue weighted by molar-refractivity contribution is -0.188. The van der Waals surface area contributed by atoms with E-state index in [-0.39, 0.29) is 36.9 Å². The molecule has 29 heavy (non-hydrogen) atoms. The van der Waals surface area contributed by atoms with E-state index in [1.165, 1.54) is 9.21 Å². The van der Waals surface area contributed by atoms with Crippen molar-refractivity contribution >= 4 is 15.9 Å². The number of hydrogen-bond donors (Lipinski definition) is 0. The SMILES string of the molecule is Cc1ccc(S(=O)(=O)N2CCC(C(=O)N3CCC[C@@H](C(F)(F)F)C3)CC2)cc1C. The quantitative estimate of drug-likeness (QED) is 0.735. The number of carbonyl (C=O) groups is 1. The zero-order valence-corrected chi connectivity index (χ0v) is 17.5. The van der Waals surface area contributed by atoms with Gasteiger partial charge in [-0.25, -0.2) is 8.42 Å². The number of hydrogen-bond acceptors (Lipinski definition) is 3. The van der Waals surface area contributed by atoms with E-state index < -0.39 is 28.0 Å². The first-order valence-corrected chi connectivity index (χ1v) is 11.4. The third-order valence-corrected chi connectivity index (χ3v) is 8.01. The van der Waals surface area contributed by atoms with Crippen LogP contribution in [-0.2, 0) is 14.8 Å². The summed E-state index contributed by atoms with van der Waals surface area (Å²) in [6.45, 7) is 4.21. The second-order valence-corrected chi connectivity index (χ2v) is 10.0. The molecule has 0 N–H and O–H groups in total. The smallest absolute Gasteiger partial charge is 0.342 e. The number of carbonyl (C=O) groups excluding carboxylic acids is 1. The second-order valence-electron chi connectivity index (χ2n) is 8.09. The largest absolute Gasteiger partial charge is 0.393 e. The Balaban J connectivity index is 1.62. The Morgan fingerprint density at radius 1 is 1.03 bits per heavy atom. The van der Waals surface area contributed by atoms with E-state index in [1.807, 2.05) is 13.8 Å². The Kier molecular flexibility index (Phi) is 6.29. The van der Waals surface area contributed by atoms with Gasteiger partial charge in [0, 0.05) is 32.1 Å². The first kappa shape index (κ1) is 22.1. The summed E-state index contributed by atoms with van der Waals surface area (Å²) in [7, 11) is -3.64. The highest BCUT2D eigenvalue weighted by molar-refractivity contribution is 7.89. The summed E-state index contributed by atoms with van der Waals surface area (Å²) in [5, 5.41) is 0. The maximum atomic E-state index is 13.0. The van der Waals surface area contributed by atoms with Crippen molar-refractivity contribution in [3.05, 3.63) is 29.3 Å². The van der Waals surface area contributed by atoms with Crippen molar-refractivity contribution in [1.82, 2.24) is 9.21 Å². The number of piperidine rings is 2. The fraction of sp³-hybridized carbons (Fsp3) is 0.650. The topological polar surface area (TPSA) is 57.7 Å². The van der Waals surface area contributed by atoms with Crippen LogP contribution in [0.15, 0.2) is 23.1 Å². The Morgan fingerprint density at radius 3 is 2.28 bits per heavy atom. The zero-order chi connectivity index (χ0) is 21.4. The average molecular weight is 433 g/mol. The van der Waals surface area contributed by atoms with Gasteiger partial charge in [-0.15, -0.1) is 0 Å². The predicted octanol–water partition coefficient (Wildman–Crippen LogP) is 3.51. The third kappa shape index (κ3) is 4.77. The molecule has 162 valence electrons. The molecule has 2 aliphatic rings. The van der Waals surface area contributed by atoms with E-state index in [0.717, 1.165) is 11.1 Å². The lowest BCUT2D eigenvalue weighted by Gasteiger charge is -2.38. The van der Waals surface area contributed by atoms with Crippen molar-refractivity contribution in [2.75, 3.05) is 26.2 Å². The highest BCUT2D eigenvalue weighted by Crippen LogP contribution is 2.34. The van der Waals surface area contributed by atoms with Crippen molar-refractivity contribution in [3.63, 3.8) is 0 Å². The number of benzene rings is 1. The molecular formula is C20H27F3N2O3S. The molecule has 0 aromatic heterocycles. The lowest BCUT2D eigenvalue weighted by Crippen LogP contribution is -2.49. The maximum Gasteiger partial charge on any atom is 0.393 e. The van der Waals surface area contributed by atoms with E-state index in [2.05, 4.69) is 0 Å². The normalized spacial score (nSPS) is 22.7. The van der Waals surface area contributed by atoms with Crippen molar-refractivity contribution < 1.29 is 26.4 Å². The molecule has 2 heterocycles. The molecule has 2 fully saturated rings. The summed E-state index contributed by atoms with van der Waals surface area (Å²) in [6.07, 6.45) is -3.23. The summed E-state index contributed by atoms with van der Waals surface area (Å²) in [4.78, 5) is 14.3. The molecule has 0 aliphatic carbocycles. The molecule has 0 radical (unpaired) electrons. The van der Waals surface area contributed by atoms with Crippen LogP contribution >= 0.6 is 0 Å². The van der Waals surface area contributed by atoms with Gasteiger partial charge < -0.3 is 4.90 Å². The fourth-order valence-electron chi connectivity index (χ4n) is 4.07. The minimum Gasteiger partial charge on any atom is -0.342 e. The molecule has 1 aromatic carbocycles. The summed E-state index contributed by atoms with van der Waals surface area (Å²) in [5.74, 6) is -2.17. The average Bonchev–Trinajstić information content (AvgIpc) is 2.69. The van der Waals surface area contributed by atoms with Gasteiger partial charge in [-0.1, -0.05) is 6.07 Å². The van der Waals surface area contributed by atoms with Crippen LogP contribution in [0.25, 0.3) is 0 Å². The lowest BCUT2D eigenvalue weighted by atomic mass is 9.92. The molecule has 0 saturated carbocycles. The highest BCUT2D eigenvalue weighted by Gasteiger charge is 2.44. The number of halogens is 3. The number of likely N-dealkylation sites (tertiary alicyclic amines) is 1. The predicted molar refractivity (Wildman–Crippen MR) is 103 cm³/mol. The summed E-state index contributed by atoms with van der Waals surface area (Å²) in [6, 6.07) is 5.00. The monoisotopic (exact) mass is 432 g/mol. The second kappa shape index (κ2) is 8.26. The van der Waals surface area contributed by atoms with Crippen molar-refractivity contribution in [1.29, 1.82) is 0 Å². The van der Waals surface area contributed by atoms with Gasteiger partial charge in [0.2, 0.25) is 15.9 Å². The van der Waals surface area contributed by atoms with Gasteiger partial charge in [0.1, 0.15) is 0 Å². The first-order valence-electron chi connectivity index (χ1n) is 9.93. The summed E-state index contributed by atoms with van der Waals surface area (Å²) < 4.78 is 66.2. The Bertz CT molecular complexity index is 862. The molecule has 3 rings (SSSR count). The van der Waals surface area contributed by atoms with Crippen LogP contribution in [0.5, 0.6) is 0 Å². The van der Waals surface area contributed by atoms with Crippen molar-refractivity contribution in [2.45, 2.75) is 50.6 Å². The molecule has 1 amide bonds. The minimum atomic E-state index is -4.29. The van der Waals surface area contributed by atoms with Crippen LogP contribution < -0.4 is 0 Å². The molecule has 0 unspecified atom stereocenters. The van der Waals surface area contributed by atoms with Gasteiger partial charge in [-0.3, -0.25) is 4.79 Å². The van der Waals surface area contributed by atoms with Crippen LogP contribution in [0.2, 0.25) is 0 Å². The van der Waals surface area contributed by atoms with E-state index >= 15 is 0 Å². The maximum absolute atomic E-state index is 13.0. The van der Waals surface area contributed by atoms with Crippen LogP contribution in [-0.4, -0.2) is 55.9 Å². The molecule has 2 saturated heterocycles. The molecule has 0 bridgehead atoms. The zero-order valence-electron chi connectivity index (χ0n) is 16.7. The van der Waals surface area contributed by atoms with Crippen molar-refractivity contribution in [2.24, 2.45) is 11.8 Å². The number of nitrogens with zero attached hydrogens (tertiary/aromatic N) is 2. The molecule has 9 heteroatoms. The Morgan fingerprint density at radius 2 is 1.69 bits per heavy atom. The number of amides is 1. The highest BCUT2D eigenvalue weighted by atomic mass is 32.2. The van der Waals surface area contributed by atoms with Gasteiger partial charge in [-0.05, 0) is 62.8 Å². The van der Waals surface area contributed by atoms with Crippen molar-refractivity contribution in [3.8, 4) is 0 Å². The van der Waals surface area contributed by atoms with Gasteiger partial charge in [0.05, 0.1) is 10.8 Å². The van der Waals surface area contributed by atoms with Gasteiger partial charge >= 0.3 is 6.18 Å². The molecule has 5 nitrogen and oxygen atoms in total.